The summed E-state index contributed by atoms with van der Waals surface area (Å²) >= 11 is 0. The molecule has 0 aromatic heterocycles. The van der Waals surface area contributed by atoms with Gasteiger partial charge in [0.2, 0.25) is 0 Å². The number of rotatable bonds is 4. The van der Waals surface area contributed by atoms with Crippen LogP contribution in [0.15, 0.2) is 12.1 Å². The number of carboxylic acid groups (broad SMARTS) is 1. The second kappa shape index (κ2) is 4.99. The topological polar surface area (TPSA) is 72.5 Å². The SMILES string of the molecule is CCOc1cc(C)c(C(N)C(=O)O)cc1C. The molecule has 0 aliphatic rings. The van der Waals surface area contributed by atoms with Crippen molar-refractivity contribution in [2.75, 3.05) is 6.61 Å². The van der Waals surface area contributed by atoms with Crippen LogP contribution in [0.3, 0.4) is 0 Å². The first-order valence-corrected chi connectivity index (χ1v) is 5.19. The summed E-state index contributed by atoms with van der Waals surface area (Å²) in [6.45, 7) is 6.21. The zero-order valence-electron chi connectivity index (χ0n) is 9.78. The molecule has 1 unspecified atom stereocenters. The van der Waals surface area contributed by atoms with Gasteiger partial charge in [0, 0.05) is 0 Å². The minimum Gasteiger partial charge on any atom is -0.494 e. The summed E-state index contributed by atoms with van der Waals surface area (Å²) in [7, 11) is 0. The molecule has 0 aliphatic carbocycles. The lowest BCUT2D eigenvalue weighted by molar-refractivity contribution is -0.138. The van der Waals surface area contributed by atoms with Crippen molar-refractivity contribution in [2.24, 2.45) is 5.73 Å². The summed E-state index contributed by atoms with van der Waals surface area (Å²) in [5.41, 5.74) is 7.96. The summed E-state index contributed by atoms with van der Waals surface area (Å²) in [5.74, 6) is -0.243. The van der Waals surface area contributed by atoms with Gasteiger partial charge in [0.25, 0.3) is 0 Å². The van der Waals surface area contributed by atoms with Crippen LogP contribution in [-0.4, -0.2) is 17.7 Å². The first-order valence-electron chi connectivity index (χ1n) is 5.19. The van der Waals surface area contributed by atoms with Crippen LogP contribution in [0.1, 0.15) is 29.7 Å². The molecule has 0 fully saturated rings. The van der Waals surface area contributed by atoms with Crippen LogP contribution >= 0.6 is 0 Å². The summed E-state index contributed by atoms with van der Waals surface area (Å²) < 4.78 is 5.42. The van der Waals surface area contributed by atoms with Gasteiger partial charge in [0.1, 0.15) is 11.8 Å². The Balaban J connectivity index is 3.14. The van der Waals surface area contributed by atoms with Crippen LogP contribution in [0.4, 0.5) is 0 Å². The van der Waals surface area contributed by atoms with E-state index in [1.54, 1.807) is 6.07 Å². The van der Waals surface area contributed by atoms with Crippen molar-refractivity contribution in [1.82, 2.24) is 0 Å². The van der Waals surface area contributed by atoms with Crippen molar-refractivity contribution in [3.8, 4) is 5.75 Å². The van der Waals surface area contributed by atoms with Gasteiger partial charge in [-0.3, -0.25) is 4.79 Å². The van der Waals surface area contributed by atoms with Crippen LogP contribution in [0, 0.1) is 13.8 Å². The minimum atomic E-state index is -1.02. The zero-order valence-corrected chi connectivity index (χ0v) is 9.78. The van der Waals surface area contributed by atoms with E-state index in [2.05, 4.69) is 0 Å². The Hall–Kier alpha value is -1.55. The van der Waals surface area contributed by atoms with Crippen molar-refractivity contribution in [3.05, 3.63) is 28.8 Å². The molecule has 1 rings (SSSR count). The maximum absolute atomic E-state index is 10.8. The van der Waals surface area contributed by atoms with E-state index in [1.165, 1.54) is 0 Å². The highest BCUT2D eigenvalue weighted by atomic mass is 16.5. The molecule has 4 heteroatoms. The Bertz CT molecular complexity index is 401. The molecule has 0 amide bonds. The van der Waals surface area contributed by atoms with E-state index in [0.717, 1.165) is 16.9 Å². The van der Waals surface area contributed by atoms with Gasteiger partial charge in [-0.15, -0.1) is 0 Å². The van der Waals surface area contributed by atoms with Gasteiger partial charge in [-0.05, 0) is 49.6 Å². The smallest absolute Gasteiger partial charge is 0.325 e. The summed E-state index contributed by atoms with van der Waals surface area (Å²) in [6.07, 6.45) is 0. The maximum Gasteiger partial charge on any atom is 0.325 e. The third-order valence-electron chi connectivity index (χ3n) is 2.46. The van der Waals surface area contributed by atoms with Gasteiger partial charge in [0.15, 0.2) is 0 Å². The van der Waals surface area contributed by atoms with Crippen molar-refractivity contribution in [2.45, 2.75) is 26.8 Å². The molecule has 4 nitrogen and oxygen atoms in total. The number of aliphatic carboxylic acids is 1. The maximum atomic E-state index is 10.8. The molecular weight excluding hydrogens is 206 g/mol. The summed E-state index contributed by atoms with van der Waals surface area (Å²) in [5, 5.41) is 8.87. The number of benzene rings is 1. The molecule has 0 heterocycles. The second-order valence-electron chi connectivity index (χ2n) is 3.72. The largest absolute Gasteiger partial charge is 0.494 e. The quantitative estimate of drug-likeness (QED) is 0.816. The Morgan fingerprint density at radius 1 is 1.44 bits per heavy atom. The Labute approximate surface area is 95.0 Å². The van der Waals surface area contributed by atoms with Crippen LogP contribution < -0.4 is 10.5 Å². The molecule has 1 aromatic rings. The standard InChI is InChI=1S/C12H17NO3/c1-4-16-10-6-7(2)9(5-8(10)3)11(13)12(14)15/h5-6,11H,4,13H2,1-3H3,(H,14,15). The highest BCUT2D eigenvalue weighted by molar-refractivity contribution is 5.76. The normalized spacial score (nSPS) is 12.2. The van der Waals surface area contributed by atoms with E-state index in [9.17, 15) is 4.79 Å². The van der Waals surface area contributed by atoms with Crippen LogP contribution in [0.25, 0.3) is 0 Å². The Morgan fingerprint density at radius 2 is 2.06 bits per heavy atom. The van der Waals surface area contributed by atoms with Gasteiger partial charge >= 0.3 is 5.97 Å². The van der Waals surface area contributed by atoms with E-state index in [0.29, 0.717) is 12.2 Å². The number of hydrogen-bond acceptors (Lipinski definition) is 3. The van der Waals surface area contributed by atoms with Gasteiger partial charge < -0.3 is 15.6 Å². The lowest BCUT2D eigenvalue weighted by Gasteiger charge is -2.14. The molecule has 0 spiro atoms. The molecule has 3 N–H and O–H groups in total. The van der Waals surface area contributed by atoms with Gasteiger partial charge in [-0.1, -0.05) is 0 Å². The number of nitrogens with two attached hydrogens (primary N) is 1. The molecule has 16 heavy (non-hydrogen) atoms. The molecular formula is C12H17NO3. The van der Waals surface area contributed by atoms with Crippen LogP contribution in [0.2, 0.25) is 0 Å². The van der Waals surface area contributed by atoms with Gasteiger partial charge in [-0.2, -0.15) is 0 Å². The number of ether oxygens (including phenoxy) is 1. The molecule has 0 aliphatic heterocycles. The Kier molecular flexibility index (Phi) is 3.90. The molecule has 88 valence electrons. The molecule has 0 radical (unpaired) electrons. The second-order valence-corrected chi connectivity index (χ2v) is 3.72. The average molecular weight is 223 g/mol. The van der Waals surface area contributed by atoms with E-state index in [-0.39, 0.29) is 0 Å². The first-order chi connectivity index (χ1) is 7.47. The fourth-order valence-electron chi connectivity index (χ4n) is 1.59. The third kappa shape index (κ3) is 2.52. The Morgan fingerprint density at radius 3 is 2.56 bits per heavy atom. The van der Waals surface area contributed by atoms with Crippen molar-refractivity contribution >= 4 is 5.97 Å². The van der Waals surface area contributed by atoms with E-state index in [1.807, 2.05) is 26.8 Å². The first kappa shape index (κ1) is 12.5. The number of hydrogen-bond donors (Lipinski definition) is 2. The van der Waals surface area contributed by atoms with Gasteiger partial charge in [0.05, 0.1) is 6.61 Å². The highest BCUT2D eigenvalue weighted by Crippen LogP contribution is 2.26. The molecule has 1 atom stereocenters. The lowest BCUT2D eigenvalue weighted by atomic mass is 9.99. The molecule has 1 aromatic carbocycles. The number of carbonyl (C=O) groups is 1. The van der Waals surface area contributed by atoms with Crippen molar-refractivity contribution < 1.29 is 14.6 Å². The fraction of sp³-hybridized carbons (Fsp3) is 0.417. The third-order valence-corrected chi connectivity index (χ3v) is 2.46. The monoisotopic (exact) mass is 223 g/mol. The average Bonchev–Trinajstić information content (AvgIpc) is 2.22. The molecule has 0 saturated heterocycles. The van der Waals surface area contributed by atoms with Crippen LogP contribution in [-0.2, 0) is 4.79 Å². The lowest BCUT2D eigenvalue weighted by Crippen LogP contribution is -2.21. The van der Waals surface area contributed by atoms with E-state index >= 15 is 0 Å². The molecule has 0 bridgehead atoms. The summed E-state index contributed by atoms with van der Waals surface area (Å²) in [6, 6.07) is 2.63. The van der Waals surface area contributed by atoms with E-state index < -0.39 is 12.0 Å². The summed E-state index contributed by atoms with van der Waals surface area (Å²) in [4.78, 5) is 10.8. The number of aryl methyl sites for hydroxylation is 2. The van der Waals surface area contributed by atoms with Gasteiger partial charge in [-0.25, -0.2) is 0 Å². The highest BCUT2D eigenvalue weighted by Gasteiger charge is 2.17. The van der Waals surface area contributed by atoms with Crippen LogP contribution in [0.5, 0.6) is 5.75 Å². The number of carboxylic acids is 1. The van der Waals surface area contributed by atoms with Crippen molar-refractivity contribution in [1.29, 1.82) is 0 Å². The zero-order chi connectivity index (χ0) is 12.3. The van der Waals surface area contributed by atoms with Crippen molar-refractivity contribution in [3.63, 3.8) is 0 Å². The molecule has 0 saturated carbocycles. The fourth-order valence-corrected chi connectivity index (χ4v) is 1.59. The van der Waals surface area contributed by atoms with E-state index in [4.69, 9.17) is 15.6 Å². The predicted molar refractivity (Wildman–Crippen MR) is 61.6 cm³/mol. The predicted octanol–water partition coefficient (Wildman–Crippen LogP) is 1.79. The minimum absolute atomic E-state index is 0.588.